The fraction of sp³-hybridized carbons (Fsp3) is 0.125. The molecule has 0 heterocycles. The van der Waals surface area contributed by atoms with Gasteiger partial charge in [-0.05, 0) is 36.4 Å². The van der Waals surface area contributed by atoms with Crippen molar-refractivity contribution in [2.75, 3.05) is 22.5 Å². The number of carbonyl (C=O) groups is 2. The van der Waals surface area contributed by atoms with E-state index in [0.29, 0.717) is 11.4 Å². The van der Waals surface area contributed by atoms with E-state index in [1.807, 2.05) is 0 Å². The molecule has 0 aliphatic rings. The first-order chi connectivity index (χ1) is 10.9. The molecule has 120 valence electrons. The SMILES string of the molecule is CC(=O)Nc1cc(NCC(=O)Nc2cccc(F)c2)ccc1F. The second kappa shape index (κ2) is 7.35. The summed E-state index contributed by atoms with van der Waals surface area (Å²) in [5, 5.41) is 7.67. The van der Waals surface area contributed by atoms with Gasteiger partial charge >= 0.3 is 0 Å². The van der Waals surface area contributed by atoms with Crippen molar-refractivity contribution in [3.63, 3.8) is 0 Å². The summed E-state index contributed by atoms with van der Waals surface area (Å²) in [5.74, 6) is -1.81. The number of amides is 2. The topological polar surface area (TPSA) is 70.2 Å². The summed E-state index contributed by atoms with van der Waals surface area (Å²) >= 11 is 0. The second-order valence-electron chi connectivity index (χ2n) is 4.79. The standard InChI is InChI=1S/C16H15F2N3O2/c1-10(22)20-15-8-12(5-6-14(15)18)19-9-16(23)21-13-4-2-3-11(17)7-13/h2-8,19H,9H2,1H3,(H,20,22)(H,21,23). The Morgan fingerprint density at radius 2 is 1.78 bits per heavy atom. The molecule has 2 rings (SSSR count). The van der Waals surface area contributed by atoms with E-state index >= 15 is 0 Å². The predicted molar refractivity (Wildman–Crippen MR) is 84.2 cm³/mol. The Morgan fingerprint density at radius 3 is 2.48 bits per heavy atom. The zero-order valence-electron chi connectivity index (χ0n) is 12.3. The lowest BCUT2D eigenvalue weighted by Gasteiger charge is -2.10. The number of carbonyl (C=O) groups excluding carboxylic acids is 2. The molecule has 0 saturated carbocycles. The number of nitrogens with one attached hydrogen (secondary N) is 3. The Kier molecular flexibility index (Phi) is 5.24. The minimum absolute atomic E-state index is 0.0213. The van der Waals surface area contributed by atoms with E-state index in [4.69, 9.17) is 0 Å². The largest absolute Gasteiger partial charge is 0.376 e. The van der Waals surface area contributed by atoms with Crippen molar-refractivity contribution < 1.29 is 18.4 Å². The van der Waals surface area contributed by atoms with Gasteiger partial charge in [-0.25, -0.2) is 8.78 Å². The minimum Gasteiger partial charge on any atom is -0.376 e. The molecule has 3 N–H and O–H groups in total. The van der Waals surface area contributed by atoms with Crippen LogP contribution < -0.4 is 16.0 Å². The smallest absolute Gasteiger partial charge is 0.243 e. The van der Waals surface area contributed by atoms with Crippen LogP contribution in [0, 0.1) is 11.6 Å². The van der Waals surface area contributed by atoms with E-state index in [0.717, 1.165) is 0 Å². The average molecular weight is 319 g/mol. The first kappa shape index (κ1) is 16.4. The molecule has 0 aromatic heterocycles. The highest BCUT2D eigenvalue weighted by Crippen LogP contribution is 2.19. The van der Waals surface area contributed by atoms with E-state index in [2.05, 4.69) is 16.0 Å². The van der Waals surface area contributed by atoms with Crippen LogP contribution in [0.5, 0.6) is 0 Å². The van der Waals surface area contributed by atoms with Gasteiger partial charge in [-0.1, -0.05) is 6.07 Å². The van der Waals surface area contributed by atoms with Gasteiger partial charge in [-0.15, -0.1) is 0 Å². The number of anilines is 3. The predicted octanol–water partition coefficient (Wildman–Crippen LogP) is 2.97. The van der Waals surface area contributed by atoms with Gasteiger partial charge < -0.3 is 16.0 Å². The number of rotatable bonds is 5. The highest BCUT2D eigenvalue weighted by Gasteiger charge is 2.07. The van der Waals surface area contributed by atoms with Crippen molar-refractivity contribution in [1.29, 1.82) is 0 Å². The lowest BCUT2D eigenvalue weighted by Crippen LogP contribution is -2.21. The number of hydrogen-bond acceptors (Lipinski definition) is 3. The number of benzene rings is 2. The molecular formula is C16H15F2N3O2. The number of halogens is 2. The molecule has 0 spiro atoms. The van der Waals surface area contributed by atoms with E-state index in [-0.39, 0.29) is 18.1 Å². The lowest BCUT2D eigenvalue weighted by atomic mass is 10.2. The molecule has 0 fully saturated rings. The molecule has 2 aromatic carbocycles. The summed E-state index contributed by atoms with van der Waals surface area (Å²) in [4.78, 5) is 22.8. The van der Waals surface area contributed by atoms with Gasteiger partial charge in [0.05, 0.1) is 12.2 Å². The molecule has 0 bridgehead atoms. The zero-order valence-corrected chi connectivity index (χ0v) is 12.3. The molecular weight excluding hydrogens is 304 g/mol. The highest BCUT2D eigenvalue weighted by molar-refractivity contribution is 5.94. The molecule has 5 nitrogen and oxygen atoms in total. The van der Waals surface area contributed by atoms with Crippen LogP contribution >= 0.6 is 0 Å². The average Bonchev–Trinajstić information content (AvgIpc) is 2.47. The first-order valence-corrected chi connectivity index (χ1v) is 6.80. The third-order valence-corrected chi connectivity index (χ3v) is 2.84. The molecule has 2 amide bonds. The first-order valence-electron chi connectivity index (χ1n) is 6.80. The summed E-state index contributed by atoms with van der Waals surface area (Å²) in [6.45, 7) is 1.17. The third kappa shape index (κ3) is 5.06. The molecule has 0 saturated heterocycles. The quantitative estimate of drug-likeness (QED) is 0.793. The van der Waals surface area contributed by atoms with Gasteiger partial charge in [0.15, 0.2) is 0 Å². The van der Waals surface area contributed by atoms with Gasteiger partial charge in [0, 0.05) is 18.3 Å². The monoisotopic (exact) mass is 319 g/mol. The van der Waals surface area contributed by atoms with Crippen LogP contribution in [0.2, 0.25) is 0 Å². The Hall–Kier alpha value is -2.96. The molecule has 7 heteroatoms. The minimum atomic E-state index is -0.574. The maximum Gasteiger partial charge on any atom is 0.243 e. The fourth-order valence-electron chi connectivity index (χ4n) is 1.87. The van der Waals surface area contributed by atoms with Crippen LogP contribution in [0.15, 0.2) is 42.5 Å². The van der Waals surface area contributed by atoms with Crippen molar-refractivity contribution in [1.82, 2.24) is 0 Å². The van der Waals surface area contributed by atoms with Crippen molar-refractivity contribution in [3.8, 4) is 0 Å². The van der Waals surface area contributed by atoms with Crippen LogP contribution in [-0.4, -0.2) is 18.4 Å². The normalized spacial score (nSPS) is 10.0. The van der Waals surface area contributed by atoms with Crippen LogP contribution in [0.3, 0.4) is 0 Å². The van der Waals surface area contributed by atoms with Gasteiger partial charge in [-0.3, -0.25) is 9.59 Å². The zero-order chi connectivity index (χ0) is 16.8. The van der Waals surface area contributed by atoms with E-state index in [1.165, 1.54) is 43.3 Å². The Morgan fingerprint density at radius 1 is 1.00 bits per heavy atom. The van der Waals surface area contributed by atoms with Gasteiger partial charge in [0.25, 0.3) is 0 Å². The molecule has 0 radical (unpaired) electrons. The molecule has 0 aliphatic heterocycles. The van der Waals surface area contributed by atoms with Gasteiger partial charge in [-0.2, -0.15) is 0 Å². The van der Waals surface area contributed by atoms with Crippen molar-refractivity contribution in [2.45, 2.75) is 6.92 Å². The fourth-order valence-corrected chi connectivity index (χ4v) is 1.87. The maximum absolute atomic E-state index is 13.5. The lowest BCUT2D eigenvalue weighted by molar-refractivity contribution is -0.115. The van der Waals surface area contributed by atoms with Crippen molar-refractivity contribution in [2.24, 2.45) is 0 Å². The highest BCUT2D eigenvalue weighted by atomic mass is 19.1. The van der Waals surface area contributed by atoms with Crippen LogP contribution in [0.1, 0.15) is 6.92 Å². The molecule has 0 unspecified atom stereocenters. The molecule has 0 aliphatic carbocycles. The Balaban J connectivity index is 1.95. The summed E-state index contributed by atoms with van der Waals surface area (Å²) in [6.07, 6.45) is 0. The van der Waals surface area contributed by atoms with Crippen LogP contribution in [-0.2, 0) is 9.59 Å². The van der Waals surface area contributed by atoms with Crippen molar-refractivity contribution in [3.05, 3.63) is 54.1 Å². The molecule has 2 aromatic rings. The number of hydrogen-bond donors (Lipinski definition) is 3. The van der Waals surface area contributed by atoms with E-state index in [9.17, 15) is 18.4 Å². The van der Waals surface area contributed by atoms with Crippen LogP contribution in [0.25, 0.3) is 0 Å². The Labute approximate surface area is 131 Å². The maximum atomic E-state index is 13.5. The van der Waals surface area contributed by atoms with Crippen molar-refractivity contribution >= 4 is 28.9 Å². The van der Waals surface area contributed by atoms with Gasteiger partial charge in [0.1, 0.15) is 11.6 Å². The second-order valence-corrected chi connectivity index (χ2v) is 4.79. The van der Waals surface area contributed by atoms with Crippen LogP contribution in [0.4, 0.5) is 25.8 Å². The molecule has 23 heavy (non-hydrogen) atoms. The van der Waals surface area contributed by atoms with E-state index in [1.54, 1.807) is 6.07 Å². The summed E-state index contributed by atoms with van der Waals surface area (Å²) in [6, 6.07) is 9.52. The summed E-state index contributed by atoms with van der Waals surface area (Å²) in [7, 11) is 0. The molecule has 0 atom stereocenters. The Bertz CT molecular complexity index is 735. The van der Waals surface area contributed by atoms with E-state index < -0.39 is 17.5 Å². The summed E-state index contributed by atoms with van der Waals surface area (Å²) in [5.41, 5.74) is 0.826. The summed E-state index contributed by atoms with van der Waals surface area (Å²) < 4.78 is 26.5. The van der Waals surface area contributed by atoms with Gasteiger partial charge in [0.2, 0.25) is 11.8 Å². The third-order valence-electron chi connectivity index (χ3n) is 2.84.